The van der Waals surface area contributed by atoms with Crippen LogP contribution in [0.5, 0.6) is 0 Å². The molecule has 1 aliphatic rings. The van der Waals surface area contributed by atoms with E-state index in [1.165, 1.54) is 23.9 Å². The van der Waals surface area contributed by atoms with Gasteiger partial charge in [-0.05, 0) is 24.6 Å². The Kier molecular flexibility index (Phi) is 4.83. The van der Waals surface area contributed by atoms with Crippen LogP contribution in [0.25, 0.3) is 0 Å². The minimum atomic E-state index is -4.33. The summed E-state index contributed by atoms with van der Waals surface area (Å²) in [4.78, 5) is 13.9. The van der Waals surface area contributed by atoms with Crippen molar-refractivity contribution in [2.24, 2.45) is 0 Å². The normalized spacial score (nSPS) is 22.9. The highest BCUT2D eigenvalue weighted by atomic mass is 32.2. The van der Waals surface area contributed by atoms with Crippen LogP contribution in [0.1, 0.15) is 23.4 Å². The number of hydrogen-bond donors (Lipinski definition) is 1. The second kappa shape index (κ2) is 6.27. The molecule has 2 atom stereocenters. The van der Waals surface area contributed by atoms with Crippen molar-refractivity contribution in [2.75, 3.05) is 20.1 Å². The first-order valence-electron chi connectivity index (χ1n) is 6.75. The maximum absolute atomic E-state index is 12.6. The number of quaternary nitrogens is 1. The Hall–Kier alpha value is -1.21. The third-order valence-corrected chi connectivity index (χ3v) is 4.82. The first-order valence-corrected chi connectivity index (χ1v) is 7.69. The Labute approximate surface area is 125 Å². The number of carbonyl (C=O) groups excluding carboxylic acids is 1. The molecule has 0 bridgehead atoms. The highest BCUT2D eigenvalue weighted by Gasteiger charge is 2.38. The lowest BCUT2D eigenvalue weighted by molar-refractivity contribution is -0.626. The largest absolute Gasteiger partial charge is 0.416 e. The molecule has 0 spiro atoms. The molecule has 2 rings (SSSR count). The summed E-state index contributed by atoms with van der Waals surface area (Å²) in [5, 5.41) is 1.62. The van der Waals surface area contributed by atoms with E-state index >= 15 is 0 Å². The quantitative estimate of drug-likeness (QED) is 0.920. The van der Waals surface area contributed by atoms with Crippen LogP contribution in [0.2, 0.25) is 0 Å². The molecule has 21 heavy (non-hydrogen) atoms. The third kappa shape index (κ3) is 3.52. The van der Waals surface area contributed by atoms with Crippen molar-refractivity contribution >= 4 is 17.7 Å². The molecule has 1 saturated heterocycles. The standard InChI is InChI=1S/C14H17F3N2OS/c1-9-12(20)19(8-7-18-2)13(21-9)10-3-5-11(6-4-10)14(15,16)17/h3-6,9,13,18H,7-8H2,1-2H3/p+1/t9-,13-/m1/s1. The van der Waals surface area contributed by atoms with E-state index in [4.69, 9.17) is 0 Å². The number of thioether (sulfide) groups is 1. The monoisotopic (exact) mass is 319 g/mol. The van der Waals surface area contributed by atoms with E-state index in [0.717, 1.165) is 24.2 Å². The van der Waals surface area contributed by atoms with Gasteiger partial charge in [-0.25, -0.2) is 0 Å². The average Bonchev–Trinajstić information content (AvgIpc) is 2.72. The summed E-state index contributed by atoms with van der Waals surface area (Å²) in [7, 11) is 1.92. The van der Waals surface area contributed by atoms with Gasteiger partial charge in [0.25, 0.3) is 0 Å². The van der Waals surface area contributed by atoms with Gasteiger partial charge in [0.1, 0.15) is 5.37 Å². The number of benzene rings is 1. The molecule has 0 radical (unpaired) electrons. The van der Waals surface area contributed by atoms with Gasteiger partial charge in [0, 0.05) is 0 Å². The van der Waals surface area contributed by atoms with Gasteiger partial charge in [-0.15, -0.1) is 11.8 Å². The minimum Gasteiger partial charge on any atom is -0.347 e. The van der Waals surface area contributed by atoms with Crippen molar-refractivity contribution in [2.45, 2.75) is 23.7 Å². The van der Waals surface area contributed by atoms with Crippen molar-refractivity contribution in [1.29, 1.82) is 0 Å². The fraction of sp³-hybridized carbons (Fsp3) is 0.500. The van der Waals surface area contributed by atoms with Gasteiger partial charge in [-0.2, -0.15) is 13.2 Å². The Morgan fingerprint density at radius 2 is 1.90 bits per heavy atom. The Morgan fingerprint density at radius 1 is 1.29 bits per heavy atom. The zero-order chi connectivity index (χ0) is 15.6. The Morgan fingerprint density at radius 3 is 2.43 bits per heavy atom. The van der Waals surface area contributed by atoms with Gasteiger partial charge < -0.3 is 10.2 Å². The number of carbonyl (C=O) groups is 1. The van der Waals surface area contributed by atoms with Gasteiger partial charge >= 0.3 is 6.18 Å². The van der Waals surface area contributed by atoms with Gasteiger partial charge in [0.05, 0.1) is 31.0 Å². The average molecular weight is 319 g/mol. The van der Waals surface area contributed by atoms with E-state index in [1.807, 2.05) is 19.3 Å². The molecule has 1 aliphatic heterocycles. The number of amides is 1. The summed E-state index contributed by atoms with van der Waals surface area (Å²) >= 11 is 1.48. The van der Waals surface area contributed by atoms with E-state index < -0.39 is 11.7 Å². The van der Waals surface area contributed by atoms with E-state index in [1.54, 1.807) is 4.90 Å². The topological polar surface area (TPSA) is 36.9 Å². The van der Waals surface area contributed by atoms with E-state index in [0.29, 0.717) is 6.54 Å². The molecule has 1 fully saturated rings. The number of rotatable bonds is 4. The third-order valence-electron chi connectivity index (χ3n) is 3.43. The zero-order valence-corrected chi connectivity index (χ0v) is 12.7. The molecule has 116 valence electrons. The maximum atomic E-state index is 12.6. The maximum Gasteiger partial charge on any atom is 0.416 e. The van der Waals surface area contributed by atoms with Crippen LogP contribution in [0.15, 0.2) is 24.3 Å². The van der Waals surface area contributed by atoms with E-state index in [9.17, 15) is 18.0 Å². The molecule has 7 heteroatoms. The van der Waals surface area contributed by atoms with Gasteiger partial charge in [-0.3, -0.25) is 4.79 Å². The summed E-state index contributed by atoms with van der Waals surface area (Å²) in [6, 6.07) is 5.09. The zero-order valence-electron chi connectivity index (χ0n) is 11.9. The number of alkyl halides is 3. The van der Waals surface area contributed by atoms with Crippen molar-refractivity contribution < 1.29 is 23.3 Å². The number of likely N-dealkylation sites (N-methyl/N-ethyl adjacent to an activating group) is 1. The lowest BCUT2D eigenvalue weighted by Crippen LogP contribution is -2.81. The number of nitrogens with two attached hydrogens (primary N) is 1. The lowest BCUT2D eigenvalue weighted by Gasteiger charge is -2.23. The lowest BCUT2D eigenvalue weighted by atomic mass is 10.1. The Balaban J connectivity index is 2.21. The molecule has 0 saturated carbocycles. The summed E-state index contributed by atoms with van der Waals surface area (Å²) in [6.07, 6.45) is -4.33. The first-order chi connectivity index (χ1) is 9.84. The van der Waals surface area contributed by atoms with Gasteiger partial charge in [0.2, 0.25) is 5.91 Å². The highest BCUT2D eigenvalue weighted by Crippen LogP contribution is 2.43. The van der Waals surface area contributed by atoms with Crippen LogP contribution in [0.4, 0.5) is 13.2 Å². The van der Waals surface area contributed by atoms with Crippen LogP contribution in [-0.4, -0.2) is 36.2 Å². The first kappa shape index (κ1) is 16.2. The van der Waals surface area contributed by atoms with Crippen molar-refractivity contribution in [3.8, 4) is 0 Å². The summed E-state index contributed by atoms with van der Waals surface area (Å²) < 4.78 is 37.8. The van der Waals surface area contributed by atoms with Crippen molar-refractivity contribution in [3.63, 3.8) is 0 Å². The fourth-order valence-corrected chi connectivity index (χ4v) is 3.57. The molecule has 2 N–H and O–H groups in total. The van der Waals surface area contributed by atoms with Crippen LogP contribution in [0.3, 0.4) is 0 Å². The van der Waals surface area contributed by atoms with Crippen molar-refractivity contribution in [1.82, 2.24) is 4.90 Å². The highest BCUT2D eigenvalue weighted by molar-refractivity contribution is 8.01. The number of nitrogens with zero attached hydrogens (tertiary/aromatic N) is 1. The summed E-state index contributed by atoms with van der Waals surface area (Å²) in [5.41, 5.74) is 0.0730. The van der Waals surface area contributed by atoms with Gasteiger partial charge in [0.15, 0.2) is 0 Å². The summed E-state index contributed by atoms with van der Waals surface area (Å²) in [5.74, 6) is 0.0479. The van der Waals surface area contributed by atoms with Crippen LogP contribution in [-0.2, 0) is 11.0 Å². The van der Waals surface area contributed by atoms with E-state index in [-0.39, 0.29) is 16.5 Å². The second-order valence-electron chi connectivity index (χ2n) is 4.98. The molecular weight excluding hydrogens is 301 g/mol. The van der Waals surface area contributed by atoms with Gasteiger partial charge in [-0.1, -0.05) is 12.1 Å². The van der Waals surface area contributed by atoms with Crippen LogP contribution < -0.4 is 5.32 Å². The molecule has 0 aromatic heterocycles. The van der Waals surface area contributed by atoms with Crippen LogP contribution in [0, 0.1) is 0 Å². The number of hydrogen-bond acceptors (Lipinski definition) is 2. The molecule has 1 amide bonds. The predicted molar refractivity (Wildman–Crippen MR) is 75.7 cm³/mol. The number of halogens is 3. The summed E-state index contributed by atoms with van der Waals surface area (Å²) in [6.45, 7) is 3.20. The SMILES string of the molecule is C[NH2+]CCN1C(=O)[C@@H](C)S[C@@H]1c1ccc(C(F)(F)F)cc1. The second-order valence-corrected chi connectivity index (χ2v) is 6.40. The molecule has 1 heterocycles. The van der Waals surface area contributed by atoms with Crippen molar-refractivity contribution in [3.05, 3.63) is 35.4 Å². The molecular formula is C14H18F3N2OS+. The van der Waals surface area contributed by atoms with Crippen LogP contribution >= 0.6 is 11.8 Å². The molecule has 1 aromatic carbocycles. The molecule has 0 aliphatic carbocycles. The Bertz CT molecular complexity index is 504. The molecule has 3 nitrogen and oxygen atoms in total. The minimum absolute atomic E-state index is 0.0479. The van der Waals surface area contributed by atoms with E-state index in [2.05, 4.69) is 0 Å². The predicted octanol–water partition coefficient (Wildman–Crippen LogP) is 1.86. The molecule has 1 aromatic rings. The molecule has 0 unspecified atom stereocenters. The smallest absolute Gasteiger partial charge is 0.347 e. The fourth-order valence-electron chi connectivity index (χ4n) is 2.26.